The molecule has 2 rings (SSSR count). The molecule has 0 aliphatic heterocycles. The number of hydrogen-bond acceptors (Lipinski definition) is 3. The Labute approximate surface area is 125 Å². The van der Waals surface area contributed by atoms with Crippen molar-refractivity contribution < 1.29 is 14.3 Å². The second kappa shape index (κ2) is 6.93. The van der Waals surface area contributed by atoms with Crippen LogP contribution in [0.1, 0.15) is 27.9 Å². The van der Waals surface area contributed by atoms with Crippen molar-refractivity contribution in [3.63, 3.8) is 0 Å². The zero-order valence-electron chi connectivity index (χ0n) is 12.7. The van der Waals surface area contributed by atoms with Gasteiger partial charge in [-0.25, -0.2) is 0 Å². The number of carbonyl (C=O) groups excluding carboxylic acids is 1. The standard InChI is InChI=1S/C18H20O3/c1-13-7-9-14(10-8-13)16(19)12-11-15-5-4-6-17(20-2)18(15)21-3/h4-10H,11-12H2,1-3H3. The molecule has 0 saturated heterocycles. The van der Waals surface area contributed by atoms with Crippen LogP contribution in [0.4, 0.5) is 0 Å². The Morgan fingerprint density at radius 1 is 1.00 bits per heavy atom. The molecule has 2 aromatic carbocycles. The average molecular weight is 284 g/mol. The molecule has 3 nitrogen and oxygen atoms in total. The maximum Gasteiger partial charge on any atom is 0.163 e. The molecule has 0 aromatic heterocycles. The number of ketones is 1. The second-order valence-corrected chi connectivity index (χ2v) is 4.94. The number of ether oxygens (including phenoxy) is 2. The molecular formula is C18H20O3. The van der Waals surface area contributed by atoms with Crippen molar-refractivity contribution in [2.45, 2.75) is 19.8 Å². The molecule has 0 amide bonds. The number of benzene rings is 2. The normalized spacial score (nSPS) is 10.2. The van der Waals surface area contributed by atoms with Crippen molar-refractivity contribution in [2.75, 3.05) is 14.2 Å². The van der Waals surface area contributed by atoms with Crippen LogP contribution in [0, 0.1) is 6.92 Å². The summed E-state index contributed by atoms with van der Waals surface area (Å²) in [5, 5.41) is 0. The first-order valence-electron chi connectivity index (χ1n) is 6.95. The molecule has 0 bridgehead atoms. The van der Waals surface area contributed by atoms with E-state index in [1.165, 1.54) is 0 Å². The minimum absolute atomic E-state index is 0.139. The maximum absolute atomic E-state index is 12.2. The Kier molecular flexibility index (Phi) is 4.99. The molecule has 0 heterocycles. The third-order valence-electron chi connectivity index (χ3n) is 3.48. The van der Waals surface area contributed by atoms with Gasteiger partial charge in [0.25, 0.3) is 0 Å². The topological polar surface area (TPSA) is 35.5 Å². The van der Waals surface area contributed by atoms with E-state index in [1.807, 2.05) is 49.4 Å². The zero-order chi connectivity index (χ0) is 15.2. The zero-order valence-corrected chi connectivity index (χ0v) is 12.7. The fourth-order valence-electron chi connectivity index (χ4n) is 2.28. The molecule has 0 fully saturated rings. The van der Waals surface area contributed by atoms with Crippen LogP contribution in [0.3, 0.4) is 0 Å². The van der Waals surface area contributed by atoms with E-state index in [0.717, 1.165) is 16.7 Å². The van der Waals surface area contributed by atoms with Crippen LogP contribution in [-0.4, -0.2) is 20.0 Å². The van der Waals surface area contributed by atoms with Crippen molar-refractivity contribution in [1.29, 1.82) is 0 Å². The van der Waals surface area contributed by atoms with Gasteiger partial charge in [-0.3, -0.25) is 4.79 Å². The molecule has 2 aromatic rings. The van der Waals surface area contributed by atoms with Crippen molar-refractivity contribution in [1.82, 2.24) is 0 Å². The summed E-state index contributed by atoms with van der Waals surface area (Å²) in [4.78, 5) is 12.2. The second-order valence-electron chi connectivity index (χ2n) is 4.94. The van der Waals surface area contributed by atoms with Gasteiger partial charge >= 0.3 is 0 Å². The molecule has 0 N–H and O–H groups in total. The lowest BCUT2D eigenvalue weighted by atomic mass is 10.0. The number of hydrogen-bond donors (Lipinski definition) is 0. The van der Waals surface area contributed by atoms with Crippen LogP contribution in [0.2, 0.25) is 0 Å². The number of aryl methyl sites for hydroxylation is 2. The predicted molar refractivity (Wildman–Crippen MR) is 83.4 cm³/mol. The fraction of sp³-hybridized carbons (Fsp3) is 0.278. The highest BCUT2D eigenvalue weighted by Gasteiger charge is 2.12. The minimum Gasteiger partial charge on any atom is -0.493 e. The average Bonchev–Trinajstić information content (AvgIpc) is 2.52. The molecule has 0 aliphatic rings. The van der Waals surface area contributed by atoms with E-state index in [1.54, 1.807) is 14.2 Å². The first-order chi connectivity index (χ1) is 10.2. The first kappa shape index (κ1) is 15.1. The lowest BCUT2D eigenvalue weighted by molar-refractivity contribution is 0.0982. The van der Waals surface area contributed by atoms with E-state index in [-0.39, 0.29) is 5.78 Å². The number of methoxy groups -OCH3 is 2. The number of para-hydroxylation sites is 1. The van der Waals surface area contributed by atoms with Gasteiger partial charge in [0.05, 0.1) is 14.2 Å². The highest BCUT2D eigenvalue weighted by Crippen LogP contribution is 2.31. The summed E-state index contributed by atoms with van der Waals surface area (Å²) < 4.78 is 10.7. The van der Waals surface area contributed by atoms with Gasteiger partial charge in [0.2, 0.25) is 0 Å². The van der Waals surface area contributed by atoms with E-state index in [0.29, 0.717) is 24.3 Å². The summed E-state index contributed by atoms with van der Waals surface area (Å²) in [7, 11) is 3.22. The SMILES string of the molecule is COc1cccc(CCC(=O)c2ccc(C)cc2)c1OC. The Morgan fingerprint density at radius 3 is 2.33 bits per heavy atom. The highest BCUT2D eigenvalue weighted by atomic mass is 16.5. The molecule has 0 spiro atoms. The Hall–Kier alpha value is -2.29. The Bertz CT molecular complexity index is 615. The van der Waals surface area contributed by atoms with Crippen molar-refractivity contribution in [2.24, 2.45) is 0 Å². The van der Waals surface area contributed by atoms with Gasteiger partial charge < -0.3 is 9.47 Å². The third-order valence-corrected chi connectivity index (χ3v) is 3.48. The molecule has 0 radical (unpaired) electrons. The molecule has 110 valence electrons. The molecule has 0 aliphatic carbocycles. The quantitative estimate of drug-likeness (QED) is 0.756. The summed E-state index contributed by atoms with van der Waals surface area (Å²) in [6.45, 7) is 2.01. The van der Waals surface area contributed by atoms with Crippen molar-refractivity contribution in [3.8, 4) is 11.5 Å². The van der Waals surface area contributed by atoms with Gasteiger partial charge in [0.15, 0.2) is 17.3 Å². The van der Waals surface area contributed by atoms with E-state index in [9.17, 15) is 4.79 Å². The van der Waals surface area contributed by atoms with Gasteiger partial charge in [-0.05, 0) is 25.0 Å². The summed E-state index contributed by atoms with van der Waals surface area (Å²) in [6, 6.07) is 13.4. The van der Waals surface area contributed by atoms with Crippen LogP contribution in [-0.2, 0) is 6.42 Å². The van der Waals surface area contributed by atoms with Gasteiger partial charge in [-0.15, -0.1) is 0 Å². The van der Waals surface area contributed by atoms with Gasteiger partial charge in [-0.1, -0.05) is 42.0 Å². The number of carbonyl (C=O) groups is 1. The molecule has 0 saturated carbocycles. The van der Waals surface area contributed by atoms with Crippen molar-refractivity contribution >= 4 is 5.78 Å². The minimum atomic E-state index is 0.139. The van der Waals surface area contributed by atoms with Crippen LogP contribution >= 0.6 is 0 Å². The molecule has 0 atom stereocenters. The smallest absolute Gasteiger partial charge is 0.163 e. The van der Waals surface area contributed by atoms with Gasteiger partial charge in [-0.2, -0.15) is 0 Å². The maximum atomic E-state index is 12.2. The molecule has 3 heteroatoms. The monoisotopic (exact) mass is 284 g/mol. The summed E-state index contributed by atoms with van der Waals surface area (Å²) >= 11 is 0. The van der Waals surface area contributed by atoms with E-state index in [4.69, 9.17) is 9.47 Å². The highest BCUT2D eigenvalue weighted by molar-refractivity contribution is 5.96. The lowest BCUT2D eigenvalue weighted by Gasteiger charge is -2.12. The molecule has 0 unspecified atom stereocenters. The molecular weight excluding hydrogens is 264 g/mol. The van der Waals surface area contributed by atoms with Gasteiger partial charge in [0.1, 0.15) is 0 Å². The summed E-state index contributed by atoms with van der Waals surface area (Å²) in [6.07, 6.45) is 1.08. The largest absolute Gasteiger partial charge is 0.493 e. The van der Waals surface area contributed by atoms with Crippen LogP contribution < -0.4 is 9.47 Å². The van der Waals surface area contributed by atoms with Crippen molar-refractivity contribution in [3.05, 3.63) is 59.2 Å². The van der Waals surface area contributed by atoms with Gasteiger partial charge in [0, 0.05) is 12.0 Å². The summed E-state index contributed by atoms with van der Waals surface area (Å²) in [5.74, 6) is 1.54. The number of rotatable bonds is 6. The first-order valence-corrected chi connectivity index (χ1v) is 6.95. The van der Waals surface area contributed by atoms with Crippen LogP contribution in [0.5, 0.6) is 11.5 Å². The summed E-state index contributed by atoms with van der Waals surface area (Å²) in [5.41, 5.74) is 2.89. The Morgan fingerprint density at radius 2 is 1.71 bits per heavy atom. The predicted octanol–water partition coefficient (Wildman–Crippen LogP) is 3.83. The van der Waals surface area contributed by atoms with E-state index >= 15 is 0 Å². The fourth-order valence-corrected chi connectivity index (χ4v) is 2.28. The van der Waals surface area contributed by atoms with E-state index in [2.05, 4.69) is 0 Å². The van der Waals surface area contributed by atoms with E-state index < -0.39 is 0 Å². The molecule has 21 heavy (non-hydrogen) atoms. The van der Waals surface area contributed by atoms with Crippen LogP contribution in [0.25, 0.3) is 0 Å². The Balaban J connectivity index is 2.09. The lowest BCUT2D eigenvalue weighted by Crippen LogP contribution is -2.03. The van der Waals surface area contributed by atoms with Crippen LogP contribution in [0.15, 0.2) is 42.5 Å². The number of Topliss-reactive ketones (excluding diaryl/α,β-unsaturated/α-hetero) is 1. The third kappa shape index (κ3) is 3.63.